The SMILES string of the molecule is COC(=O)C1=C(C)N=c2s/c(=C\c3cc(Br)c(O)c(OC)c3)c(=O)n2[C@H]1c1cc(Cl)ccc1OC. The summed E-state index contributed by atoms with van der Waals surface area (Å²) in [7, 11) is 4.21. The van der Waals surface area contributed by atoms with Crippen molar-refractivity contribution in [3.63, 3.8) is 0 Å². The van der Waals surface area contributed by atoms with Crippen molar-refractivity contribution in [1.29, 1.82) is 0 Å². The van der Waals surface area contributed by atoms with E-state index in [0.29, 0.717) is 41.4 Å². The first kappa shape index (κ1) is 25.0. The molecule has 8 nitrogen and oxygen atoms in total. The molecule has 0 saturated carbocycles. The van der Waals surface area contributed by atoms with E-state index >= 15 is 0 Å². The molecule has 0 amide bonds. The van der Waals surface area contributed by atoms with Crippen molar-refractivity contribution in [2.75, 3.05) is 21.3 Å². The number of benzene rings is 2. The van der Waals surface area contributed by atoms with E-state index in [1.165, 1.54) is 37.2 Å². The van der Waals surface area contributed by atoms with Gasteiger partial charge in [-0.05, 0) is 64.8 Å². The summed E-state index contributed by atoms with van der Waals surface area (Å²) in [5.41, 5.74) is 1.42. The monoisotopic (exact) mass is 578 g/mol. The molecule has 0 unspecified atom stereocenters. The van der Waals surface area contributed by atoms with E-state index in [2.05, 4.69) is 20.9 Å². The van der Waals surface area contributed by atoms with Crippen LogP contribution in [0.25, 0.3) is 6.08 Å². The van der Waals surface area contributed by atoms with Gasteiger partial charge in [0, 0.05) is 10.6 Å². The Morgan fingerprint density at radius 2 is 1.91 bits per heavy atom. The average Bonchev–Trinajstić information content (AvgIpc) is 3.14. The summed E-state index contributed by atoms with van der Waals surface area (Å²) in [6, 6.07) is 7.41. The van der Waals surface area contributed by atoms with Crippen molar-refractivity contribution < 1.29 is 24.1 Å². The van der Waals surface area contributed by atoms with Crippen molar-refractivity contribution in [3.8, 4) is 17.2 Å². The van der Waals surface area contributed by atoms with Crippen molar-refractivity contribution in [2.45, 2.75) is 13.0 Å². The first-order valence-corrected chi connectivity index (χ1v) is 12.2. The Bertz CT molecular complexity index is 1560. The molecule has 1 atom stereocenters. The standard InChI is InChI=1S/C24H20BrClN2O6S/c1-11-19(23(31)34-4)20(14-10-13(26)5-6-16(14)32-2)28-22(30)18(35-24(28)27-11)9-12-7-15(25)21(29)17(8-12)33-3/h5-10,20,29H,1-4H3/b18-9-/t20-/m0/s1. The Morgan fingerprint density at radius 1 is 1.20 bits per heavy atom. The third-order valence-corrected chi connectivity index (χ3v) is 7.30. The fraction of sp³-hybridized carbons (Fsp3) is 0.208. The molecule has 1 aromatic heterocycles. The molecule has 11 heteroatoms. The van der Waals surface area contributed by atoms with Crippen molar-refractivity contribution in [3.05, 3.63) is 81.9 Å². The highest BCUT2D eigenvalue weighted by atomic mass is 79.9. The molecule has 3 aromatic rings. The molecule has 1 N–H and O–H groups in total. The number of fused-ring (bicyclic) bond motifs is 1. The van der Waals surface area contributed by atoms with E-state index in [0.717, 1.165) is 0 Å². The van der Waals surface area contributed by atoms with Gasteiger partial charge in [0.25, 0.3) is 5.56 Å². The summed E-state index contributed by atoms with van der Waals surface area (Å²) in [5, 5.41) is 10.5. The first-order chi connectivity index (χ1) is 16.7. The maximum Gasteiger partial charge on any atom is 0.338 e. The zero-order chi connectivity index (χ0) is 25.4. The number of carbonyl (C=O) groups is 1. The number of halogens is 2. The summed E-state index contributed by atoms with van der Waals surface area (Å²) < 4.78 is 18.0. The molecule has 0 bridgehead atoms. The Hall–Kier alpha value is -3.08. The van der Waals surface area contributed by atoms with E-state index in [1.54, 1.807) is 43.3 Å². The van der Waals surface area contributed by atoms with Crippen LogP contribution in [0.2, 0.25) is 5.02 Å². The molecule has 4 rings (SSSR count). The lowest BCUT2D eigenvalue weighted by Gasteiger charge is -2.25. The van der Waals surface area contributed by atoms with E-state index < -0.39 is 12.0 Å². The predicted octanol–water partition coefficient (Wildman–Crippen LogP) is 3.55. The molecular formula is C24H20BrClN2O6S. The topological polar surface area (TPSA) is 99.4 Å². The number of esters is 1. The number of allylic oxidation sites excluding steroid dienone is 1. The Balaban J connectivity index is 2.02. The van der Waals surface area contributed by atoms with Gasteiger partial charge in [-0.3, -0.25) is 9.36 Å². The van der Waals surface area contributed by atoms with Crippen LogP contribution in [0, 0.1) is 0 Å². The number of hydrogen-bond donors (Lipinski definition) is 1. The number of nitrogens with zero attached hydrogens (tertiary/aromatic N) is 2. The van der Waals surface area contributed by atoms with Gasteiger partial charge in [0.2, 0.25) is 0 Å². The Morgan fingerprint density at radius 3 is 2.57 bits per heavy atom. The fourth-order valence-electron chi connectivity index (χ4n) is 3.89. The lowest BCUT2D eigenvalue weighted by atomic mass is 9.95. The van der Waals surface area contributed by atoms with Crippen molar-refractivity contribution >= 4 is 50.9 Å². The number of phenolic OH excluding ortho intramolecular Hbond substituents is 1. The van der Waals surface area contributed by atoms with E-state index in [9.17, 15) is 14.7 Å². The summed E-state index contributed by atoms with van der Waals surface area (Å²) in [5.74, 6) is 0.0540. The zero-order valence-electron chi connectivity index (χ0n) is 19.1. The molecule has 0 saturated heterocycles. The number of rotatable bonds is 5. The maximum atomic E-state index is 13.7. The highest BCUT2D eigenvalue weighted by Crippen LogP contribution is 2.37. The van der Waals surface area contributed by atoms with Gasteiger partial charge < -0.3 is 19.3 Å². The van der Waals surface area contributed by atoms with Gasteiger partial charge in [-0.25, -0.2) is 9.79 Å². The minimum atomic E-state index is -0.865. The average molecular weight is 580 g/mol. The Kier molecular flexibility index (Phi) is 7.07. The fourth-order valence-corrected chi connectivity index (χ4v) is 5.58. The van der Waals surface area contributed by atoms with Gasteiger partial charge >= 0.3 is 5.97 Å². The third kappa shape index (κ3) is 4.49. The molecular weight excluding hydrogens is 560 g/mol. The smallest absolute Gasteiger partial charge is 0.338 e. The summed E-state index contributed by atoms with van der Waals surface area (Å²) in [4.78, 5) is 31.5. The first-order valence-electron chi connectivity index (χ1n) is 10.2. The minimum Gasteiger partial charge on any atom is -0.503 e. The van der Waals surface area contributed by atoms with Gasteiger partial charge in [-0.15, -0.1) is 0 Å². The largest absolute Gasteiger partial charge is 0.503 e. The summed E-state index contributed by atoms with van der Waals surface area (Å²) in [6.45, 7) is 1.69. The molecule has 0 spiro atoms. The van der Waals surface area contributed by atoms with Crippen LogP contribution in [-0.4, -0.2) is 37.0 Å². The van der Waals surface area contributed by atoms with E-state index in [1.807, 2.05) is 0 Å². The molecule has 182 valence electrons. The second kappa shape index (κ2) is 9.88. The van der Waals surface area contributed by atoms with Crippen molar-refractivity contribution in [2.24, 2.45) is 4.99 Å². The van der Waals surface area contributed by atoms with Crippen LogP contribution in [-0.2, 0) is 9.53 Å². The van der Waals surface area contributed by atoms with E-state index in [4.69, 9.17) is 25.8 Å². The molecule has 2 aromatic carbocycles. The van der Waals surface area contributed by atoms with Crippen LogP contribution >= 0.6 is 38.9 Å². The van der Waals surface area contributed by atoms with Crippen LogP contribution in [0.3, 0.4) is 0 Å². The van der Waals surface area contributed by atoms with Gasteiger partial charge in [0.15, 0.2) is 16.3 Å². The lowest BCUT2D eigenvalue weighted by molar-refractivity contribution is -0.136. The maximum absolute atomic E-state index is 13.7. The number of methoxy groups -OCH3 is 3. The number of phenols is 1. The van der Waals surface area contributed by atoms with Gasteiger partial charge in [-0.2, -0.15) is 0 Å². The van der Waals surface area contributed by atoms with Crippen LogP contribution < -0.4 is 24.4 Å². The quantitative estimate of drug-likeness (QED) is 0.464. The number of hydrogen-bond acceptors (Lipinski definition) is 8. The zero-order valence-corrected chi connectivity index (χ0v) is 22.2. The summed E-state index contributed by atoms with van der Waals surface area (Å²) >= 11 is 10.8. The van der Waals surface area contributed by atoms with Gasteiger partial charge in [0.05, 0.1) is 41.6 Å². The number of aromatic nitrogens is 1. The number of carbonyl (C=O) groups excluding carboxylic acids is 1. The van der Waals surface area contributed by atoms with Gasteiger partial charge in [-0.1, -0.05) is 22.9 Å². The molecule has 2 heterocycles. The second-order valence-electron chi connectivity index (χ2n) is 7.51. The molecule has 0 aliphatic carbocycles. The minimum absolute atomic E-state index is 0.0440. The summed E-state index contributed by atoms with van der Waals surface area (Å²) in [6.07, 6.45) is 1.67. The molecule has 1 aliphatic heterocycles. The molecule has 35 heavy (non-hydrogen) atoms. The third-order valence-electron chi connectivity index (χ3n) is 5.48. The number of ether oxygens (including phenoxy) is 3. The Labute approximate surface area is 217 Å². The van der Waals surface area contributed by atoms with Crippen LogP contribution in [0.1, 0.15) is 24.1 Å². The van der Waals surface area contributed by atoms with Crippen LogP contribution in [0.5, 0.6) is 17.2 Å². The number of thiazole rings is 1. The second-order valence-corrected chi connectivity index (χ2v) is 9.81. The molecule has 1 aliphatic rings. The van der Waals surface area contributed by atoms with Gasteiger partial charge in [0.1, 0.15) is 11.8 Å². The predicted molar refractivity (Wildman–Crippen MR) is 136 cm³/mol. The molecule has 0 fully saturated rings. The van der Waals surface area contributed by atoms with Crippen LogP contribution in [0.4, 0.5) is 0 Å². The van der Waals surface area contributed by atoms with E-state index in [-0.39, 0.29) is 22.6 Å². The highest BCUT2D eigenvalue weighted by Gasteiger charge is 2.35. The van der Waals surface area contributed by atoms with Crippen LogP contribution in [0.15, 0.2) is 55.9 Å². The molecule has 0 radical (unpaired) electrons. The normalized spacial score (nSPS) is 15.5. The highest BCUT2D eigenvalue weighted by molar-refractivity contribution is 9.10. The lowest BCUT2D eigenvalue weighted by Crippen LogP contribution is -2.40. The van der Waals surface area contributed by atoms with Crippen molar-refractivity contribution in [1.82, 2.24) is 4.57 Å². The number of aromatic hydroxyl groups is 1.